The fourth-order valence-corrected chi connectivity index (χ4v) is 4.16. The molecule has 0 bridgehead atoms. The summed E-state index contributed by atoms with van der Waals surface area (Å²) in [6.45, 7) is 1.51. The number of aromatic nitrogens is 1. The molecular weight excluding hydrogens is 276 g/mol. The molecule has 0 saturated carbocycles. The van der Waals surface area contributed by atoms with Crippen LogP contribution in [0.4, 0.5) is 0 Å². The second kappa shape index (κ2) is 6.62. The van der Waals surface area contributed by atoms with Gasteiger partial charge in [0.05, 0.1) is 6.04 Å². The number of nitrogens with zero attached hydrogens (tertiary/aromatic N) is 3. The Bertz CT molecular complexity index is 520. The van der Waals surface area contributed by atoms with Gasteiger partial charge in [-0.1, -0.05) is 6.07 Å². The molecule has 1 aliphatic heterocycles. The molecular formula is C13H22N4O2S. The summed E-state index contributed by atoms with van der Waals surface area (Å²) in [6, 6.07) is 3.68. The lowest BCUT2D eigenvalue weighted by atomic mass is 10.1. The molecule has 20 heavy (non-hydrogen) atoms. The van der Waals surface area contributed by atoms with Gasteiger partial charge in [-0.15, -0.1) is 0 Å². The first kappa shape index (κ1) is 15.4. The number of hydrogen-bond donors (Lipinski definition) is 1. The van der Waals surface area contributed by atoms with E-state index in [0.29, 0.717) is 26.1 Å². The highest BCUT2D eigenvalue weighted by Gasteiger charge is 2.37. The molecule has 0 aromatic carbocycles. The summed E-state index contributed by atoms with van der Waals surface area (Å²) >= 11 is 0. The minimum absolute atomic E-state index is 0.103. The van der Waals surface area contributed by atoms with Crippen molar-refractivity contribution in [3.05, 3.63) is 30.1 Å². The molecule has 112 valence electrons. The molecule has 1 atom stereocenters. The van der Waals surface area contributed by atoms with Gasteiger partial charge in [0.1, 0.15) is 0 Å². The topological polar surface area (TPSA) is 79.5 Å². The SMILES string of the molecule is CN(CCCN)S(=O)(=O)N1CCCC1c1cccnc1. The van der Waals surface area contributed by atoms with Gasteiger partial charge in [0.15, 0.2) is 0 Å². The Balaban J connectivity index is 2.18. The van der Waals surface area contributed by atoms with Crippen LogP contribution in [-0.4, -0.2) is 48.7 Å². The third-order valence-corrected chi connectivity index (χ3v) is 5.64. The van der Waals surface area contributed by atoms with Gasteiger partial charge in [0, 0.05) is 32.5 Å². The summed E-state index contributed by atoms with van der Waals surface area (Å²) in [5.74, 6) is 0. The van der Waals surface area contributed by atoms with E-state index in [1.807, 2.05) is 12.1 Å². The number of pyridine rings is 1. The molecule has 1 unspecified atom stereocenters. The molecule has 0 amide bonds. The standard InChI is InChI=1S/C13H22N4O2S/c1-16(9-4-7-14)20(18,19)17-10-3-6-13(17)12-5-2-8-15-11-12/h2,5,8,11,13H,3-4,6-7,9-10,14H2,1H3. The highest BCUT2D eigenvalue weighted by molar-refractivity contribution is 7.86. The molecule has 0 aliphatic carbocycles. The van der Waals surface area contributed by atoms with Crippen molar-refractivity contribution < 1.29 is 8.42 Å². The second-order valence-corrected chi connectivity index (χ2v) is 7.01. The molecule has 1 aromatic rings. The molecule has 1 aliphatic rings. The lowest BCUT2D eigenvalue weighted by Gasteiger charge is -2.28. The summed E-state index contributed by atoms with van der Waals surface area (Å²) in [5, 5.41) is 0. The van der Waals surface area contributed by atoms with E-state index in [4.69, 9.17) is 5.73 Å². The van der Waals surface area contributed by atoms with Crippen LogP contribution < -0.4 is 5.73 Å². The predicted molar refractivity (Wildman–Crippen MR) is 78.1 cm³/mol. The summed E-state index contributed by atoms with van der Waals surface area (Å²) < 4.78 is 28.2. The van der Waals surface area contributed by atoms with Crippen molar-refractivity contribution in [3.8, 4) is 0 Å². The molecule has 0 spiro atoms. The minimum Gasteiger partial charge on any atom is -0.330 e. The zero-order valence-electron chi connectivity index (χ0n) is 11.8. The van der Waals surface area contributed by atoms with Crippen LogP contribution in [0.15, 0.2) is 24.5 Å². The van der Waals surface area contributed by atoms with Crippen molar-refractivity contribution in [2.24, 2.45) is 5.73 Å². The van der Waals surface area contributed by atoms with E-state index in [1.165, 1.54) is 4.31 Å². The Morgan fingerprint density at radius 1 is 1.55 bits per heavy atom. The molecule has 1 fully saturated rings. The van der Waals surface area contributed by atoms with Crippen LogP contribution in [0, 0.1) is 0 Å². The zero-order valence-corrected chi connectivity index (χ0v) is 12.6. The lowest BCUT2D eigenvalue weighted by molar-refractivity contribution is 0.346. The average Bonchev–Trinajstić information content (AvgIpc) is 2.95. The van der Waals surface area contributed by atoms with E-state index in [2.05, 4.69) is 4.98 Å². The Morgan fingerprint density at radius 3 is 3.00 bits per heavy atom. The molecule has 1 saturated heterocycles. The van der Waals surface area contributed by atoms with Gasteiger partial charge in [-0.2, -0.15) is 17.0 Å². The van der Waals surface area contributed by atoms with Gasteiger partial charge in [0.25, 0.3) is 10.2 Å². The van der Waals surface area contributed by atoms with E-state index in [1.54, 1.807) is 23.7 Å². The maximum atomic E-state index is 12.6. The van der Waals surface area contributed by atoms with Crippen LogP contribution in [0.25, 0.3) is 0 Å². The lowest BCUT2D eigenvalue weighted by Crippen LogP contribution is -2.42. The van der Waals surface area contributed by atoms with E-state index in [-0.39, 0.29) is 6.04 Å². The van der Waals surface area contributed by atoms with Crippen LogP contribution in [0.1, 0.15) is 30.9 Å². The molecule has 7 heteroatoms. The summed E-state index contributed by atoms with van der Waals surface area (Å²) in [7, 11) is -1.81. The summed E-state index contributed by atoms with van der Waals surface area (Å²) in [6.07, 6.45) is 5.84. The van der Waals surface area contributed by atoms with Gasteiger partial charge >= 0.3 is 0 Å². The highest BCUT2D eigenvalue weighted by Crippen LogP contribution is 2.34. The van der Waals surface area contributed by atoms with Crippen molar-refractivity contribution >= 4 is 10.2 Å². The van der Waals surface area contributed by atoms with Crippen LogP contribution in [0.2, 0.25) is 0 Å². The van der Waals surface area contributed by atoms with Gasteiger partial charge in [0.2, 0.25) is 0 Å². The van der Waals surface area contributed by atoms with Crippen molar-refractivity contribution in [1.29, 1.82) is 0 Å². The Morgan fingerprint density at radius 2 is 2.35 bits per heavy atom. The number of nitrogens with two attached hydrogens (primary N) is 1. The largest absolute Gasteiger partial charge is 0.330 e. The Kier molecular flexibility index (Phi) is 5.09. The van der Waals surface area contributed by atoms with E-state index in [0.717, 1.165) is 18.4 Å². The third kappa shape index (κ3) is 3.17. The Labute approximate surface area is 120 Å². The van der Waals surface area contributed by atoms with Gasteiger partial charge in [-0.25, -0.2) is 0 Å². The smallest absolute Gasteiger partial charge is 0.282 e. The van der Waals surface area contributed by atoms with Crippen LogP contribution in [0.5, 0.6) is 0 Å². The molecule has 0 radical (unpaired) electrons. The fourth-order valence-electron chi connectivity index (χ4n) is 2.53. The quantitative estimate of drug-likeness (QED) is 0.840. The average molecular weight is 298 g/mol. The summed E-state index contributed by atoms with van der Waals surface area (Å²) in [5.41, 5.74) is 6.41. The zero-order chi connectivity index (χ0) is 14.6. The van der Waals surface area contributed by atoms with E-state index in [9.17, 15) is 8.42 Å². The van der Waals surface area contributed by atoms with Crippen molar-refractivity contribution in [2.45, 2.75) is 25.3 Å². The number of rotatable bonds is 6. The van der Waals surface area contributed by atoms with Gasteiger partial charge in [-0.3, -0.25) is 4.98 Å². The highest BCUT2D eigenvalue weighted by atomic mass is 32.2. The number of hydrogen-bond acceptors (Lipinski definition) is 4. The molecule has 2 heterocycles. The van der Waals surface area contributed by atoms with Crippen LogP contribution in [-0.2, 0) is 10.2 Å². The van der Waals surface area contributed by atoms with Crippen molar-refractivity contribution in [2.75, 3.05) is 26.7 Å². The van der Waals surface area contributed by atoms with Crippen molar-refractivity contribution in [3.63, 3.8) is 0 Å². The maximum Gasteiger partial charge on any atom is 0.282 e. The van der Waals surface area contributed by atoms with Gasteiger partial charge < -0.3 is 5.73 Å². The predicted octanol–water partition coefficient (Wildman–Crippen LogP) is 0.744. The van der Waals surface area contributed by atoms with Gasteiger partial charge in [-0.05, 0) is 37.4 Å². The molecule has 6 nitrogen and oxygen atoms in total. The van der Waals surface area contributed by atoms with E-state index < -0.39 is 10.2 Å². The minimum atomic E-state index is -3.42. The van der Waals surface area contributed by atoms with Crippen molar-refractivity contribution in [1.82, 2.24) is 13.6 Å². The second-order valence-electron chi connectivity index (χ2n) is 5.03. The molecule has 2 N–H and O–H groups in total. The van der Waals surface area contributed by atoms with E-state index >= 15 is 0 Å². The third-order valence-electron chi connectivity index (χ3n) is 3.64. The summed E-state index contributed by atoms with van der Waals surface area (Å²) in [4.78, 5) is 4.09. The van der Waals surface area contributed by atoms with Crippen LogP contribution in [0.3, 0.4) is 0 Å². The first-order valence-electron chi connectivity index (χ1n) is 6.90. The monoisotopic (exact) mass is 298 g/mol. The Hall–Kier alpha value is -1.02. The first-order valence-corrected chi connectivity index (χ1v) is 8.30. The molecule has 1 aromatic heterocycles. The maximum absolute atomic E-state index is 12.6. The van der Waals surface area contributed by atoms with Crippen LogP contribution >= 0.6 is 0 Å². The molecule has 2 rings (SSSR count). The normalized spacial score (nSPS) is 20.6. The fraction of sp³-hybridized carbons (Fsp3) is 0.615. The first-order chi connectivity index (χ1) is 9.57.